The molecule has 2 rings (SSSR count). The van der Waals surface area contributed by atoms with Gasteiger partial charge in [-0.05, 0) is 55.7 Å². The average Bonchev–Trinajstić information content (AvgIpc) is 2.42. The summed E-state index contributed by atoms with van der Waals surface area (Å²) in [6.45, 7) is 6.15. The first-order valence-electron chi connectivity index (χ1n) is 6.61. The van der Waals surface area contributed by atoms with Gasteiger partial charge in [0.1, 0.15) is 12.4 Å². The molecule has 0 aliphatic heterocycles. The fourth-order valence-corrected chi connectivity index (χ4v) is 2.37. The van der Waals surface area contributed by atoms with E-state index in [4.69, 9.17) is 16.3 Å². The minimum Gasteiger partial charge on any atom is -0.489 e. The third-order valence-corrected chi connectivity index (χ3v) is 3.87. The molecule has 0 amide bonds. The van der Waals surface area contributed by atoms with Gasteiger partial charge in [-0.2, -0.15) is 0 Å². The van der Waals surface area contributed by atoms with E-state index in [-0.39, 0.29) is 12.2 Å². The molecule has 110 valence electrons. The second kappa shape index (κ2) is 6.19. The van der Waals surface area contributed by atoms with Gasteiger partial charge < -0.3 is 9.84 Å². The Morgan fingerprint density at radius 3 is 2.48 bits per heavy atom. The van der Waals surface area contributed by atoms with Gasteiger partial charge in [0.25, 0.3) is 0 Å². The van der Waals surface area contributed by atoms with Crippen LogP contribution < -0.4 is 4.74 Å². The molecule has 0 fully saturated rings. The lowest BCUT2D eigenvalue weighted by atomic mass is 10.1. The third-order valence-electron chi connectivity index (χ3n) is 3.51. The number of rotatable bonds is 4. The van der Waals surface area contributed by atoms with Crippen LogP contribution in [0.1, 0.15) is 32.6 Å². The third kappa shape index (κ3) is 3.37. The van der Waals surface area contributed by atoms with Gasteiger partial charge in [0.15, 0.2) is 0 Å². The fraction of sp³-hybridized carbons (Fsp3) is 0.235. The van der Waals surface area contributed by atoms with Crippen molar-refractivity contribution in [2.75, 3.05) is 0 Å². The fourth-order valence-electron chi connectivity index (χ4n) is 2.15. The van der Waals surface area contributed by atoms with Gasteiger partial charge in [-0.15, -0.1) is 0 Å². The summed E-state index contributed by atoms with van der Waals surface area (Å²) in [6.07, 6.45) is 0. The predicted octanol–water partition coefficient (Wildman–Crippen LogP) is 4.54. The van der Waals surface area contributed by atoms with Gasteiger partial charge in [-0.3, -0.25) is 0 Å². The molecular weight excluding hydrogens is 288 g/mol. The zero-order valence-electron chi connectivity index (χ0n) is 12.2. The molecule has 0 atom stereocenters. The monoisotopic (exact) mass is 304 g/mol. The molecule has 1 N–H and O–H groups in total. The molecule has 0 unspecified atom stereocenters. The van der Waals surface area contributed by atoms with Crippen molar-refractivity contribution < 1.29 is 14.6 Å². The van der Waals surface area contributed by atoms with E-state index in [1.165, 1.54) is 11.6 Å². The standard InChI is InChI=1S/C17H17ClO3/c1-10-7-12(3)16(8-11(10)2)21-9-14-13(17(19)20)5-4-6-15(14)18/h4-8H,9H2,1-3H3,(H,19,20). The lowest BCUT2D eigenvalue weighted by molar-refractivity contribution is 0.0694. The number of benzene rings is 2. The molecule has 21 heavy (non-hydrogen) atoms. The van der Waals surface area contributed by atoms with Crippen LogP contribution in [-0.2, 0) is 6.61 Å². The first kappa shape index (κ1) is 15.4. The Bertz CT molecular complexity index is 693. The highest BCUT2D eigenvalue weighted by atomic mass is 35.5. The Morgan fingerprint density at radius 2 is 1.81 bits per heavy atom. The number of aryl methyl sites for hydroxylation is 3. The summed E-state index contributed by atoms with van der Waals surface area (Å²) in [4.78, 5) is 11.2. The van der Waals surface area contributed by atoms with E-state index in [0.717, 1.165) is 16.9 Å². The van der Waals surface area contributed by atoms with Crippen LogP contribution >= 0.6 is 11.6 Å². The van der Waals surface area contributed by atoms with Gasteiger partial charge in [-0.25, -0.2) is 4.79 Å². The molecule has 2 aromatic carbocycles. The molecular formula is C17H17ClO3. The van der Waals surface area contributed by atoms with Crippen molar-refractivity contribution in [1.29, 1.82) is 0 Å². The predicted molar refractivity (Wildman–Crippen MR) is 83.4 cm³/mol. The number of carboxylic acid groups (broad SMARTS) is 1. The highest BCUT2D eigenvalue weighted by molar-refractivity contribution is 6.31. The number of carboxylic acids is 1. The lowest BCUT2D eigenvalue weighted by Gasteiger charge is -2.14. The van der Waals surface area contributed by atoms with Crippen LogP contribution in [0.2, 0.25) is 5.02 Å². The van der Waals surface area contributed by atoms with Crippen molar-refractivity contribution >= 4 is 17.6 Å². The highest BCUT2D eigenvalue weighted by Gasteiger charge is 2.14. The number of hydrogen-bond donors (Lipinski definition) is 1. The molecule has 0 radical (unpaired) electrons. The molecule has 0 aliphatic carbocycles. The van der Waals surface area contributed by atoms with Crippen molar-refractivity contribution in [2.24, 2.45) is 0 Å². The van der Waals surface area contributed by atoms with Crippen LogP contribution in [0.5, 0.6) is 5.75 Å². The molecule has 0 spiro atoms. The van der Waals surface area contributed by atoms with E-state index in [2.05, 4.69) is 6.07 Å². The highest BCUT2D eigenvalue weighted by Crippen LogP contribution is 2.26. The van der Waals surface area contributed by atoms with E-state index in [9.17, 15) is 9.90 Å². The largest absolute Gasteiger partial charge is 0.489 e. The van der Waals surface area contributed by atoms with Crippen molar-refractivity contribution in [3.63, 3.8) is 0 Å². The molecule has 0 saturated heterocycles. The van der Waals surface area contributed by atoms with Crippen LogP contribution in [0, 0.1) is 20.8 Å². The first-order valence-corrected chi connectivity index (χ1v) is 6.99. The van der Waals surface area contributed by atoms with Crippen LogP contribution in [-0.4, -0.2) is 11.1 Å². The van der Waals surface area contributed by atoms with Gasteiger partial charge in [0.2, 0.25) is 0 Å². The van der Waals surface area contributed by atoms with E-state index < -0.39 is 5.97 Å². The maximum atomic E-state index is 11.2. The number of aromatic carboxylic acids is 1. The minimum absolute atomic E-state index is 0.130. The summed E-state index contributed by atoms with van der Waals surface area (Å²) in [7, 11) is 0. The zero-order valence-corrected chi connectivity index (χ0v) is 13.0. The van der Waals surface area contributed by atoms with Crippen molar-refractivity contribution in [2.45, 2.75) is 27.4 Å². The van der Waals surface area contributed by atoms with Crippen molar-refractivity contribution in [3.05, 3.63) is 63.2 Å². The molecule has 0 bridgehead atoms. The zero-order chi connectivity index (χ0) is 15.6. The summed E-state index contributed by atoms with van der Waals surface area (Å²) in [6, 6.07) is 8.83. The van der Waals surface area contributed by atoms with E-state index in [0.29, 0.717) is 10.6 Å². The maximum Gasteiger partial charge on any atom is 0.336 e. The van der Waals surface area contributed by atoms with Gasteiger partial charge in [0.05, 0.1) is 5.56 Å². The minimum atomic E-state index is -1.01. The number of ether oxygens (including phenoxy) is 1. The summed E-state index contributed by atoms with van der Waals surface area (Å²) >= 11 is 6.09. The first-order chi connectivity index (χ1) is 9.90. The molecule has 3 nitrogen and oxygen atoms in total. The Balaban J connectivity index is 2.29. The van der Waals surface area contributed by atoms with Gasteiger partial charge in [-0.1, -0.05) is 23.7 Å². The van der Waals surface area contributed by atoms with E-state index in [1.54, 1.807) is 12.1 Å². The van der Waals surface area contributed by atoms with Gasteiger partial charge in [0, 0.05) is 10.6 Å². The van der Waals surface area contributed by atoms with E-state index >= 15 is 0 Å². The molecule has 0 saturated carbocycles. The second-order valence-electron chi connectivity index (χ2n) is 5.06. The Labute approximate surface area is 129 Å². The van der Waals surface area contributed by atoms with E-state index in [1.807, 2.05) is 26.8 Å². The molecule has 2 aromatic rings. The lowest BCUT2D eigenvalue weighted by Crippen LogP contribution is -2.07. The quantitative estimate of drug-likeness (QED) is 0.902. The van der Waals surface area contributed by atoms with Crippen molar-refractivity contribution in [1.82, 2.24) is 0 Å². The summed E-state index contributed by atoms with van der Waals surface area (Å²) in [5.41, 5.74) is 4.01. The average molecular weight is 305 g/mol. The molecule has 0 heterocycles. The smallest absolute Gasteiger partial charge is 0.336 e. The summed E-state index contributed by atoms with van der Waals surface area (Å²) in [5.74, 6) is -0.262. The van der Waals surface area contributed by atoms with Crippen LogP contribution in [0.15, 0.2) is 30.3 Å². The Morgan fingerprint density at radius 1 is 1.14 bits per heavy atom. The number of carbonyl (C=O) groups is 1. The normalized spacial score (nSPS) is 10.5. The van der Waals surface area contributed by atoms with Crippen LogP contribution in [0.3, 0.4) is 0 Å². The van der Waals surface area contributed by atoms with Gasteiger partial charge >= 0.3 is 5.97 Å². The molecule has 4 heteroatoms. The summed E-state index contributed by atoms with van der Waals surface area (Å²) in [5, 5.41) is 9.61. The Kier molecular flexibility index (Phi) is 4.53. The maximum absolute atomic E-state index is 11.2. The molecule has 0 aliphatic rings. The van der Waals surface area contributed by atoms with Crippen LogP contribution in [0.4, 0.5) is 0 Å². The summed E-state index contributed by atoms with van der Waals surface area (Å²) < 4.78 is 5.78. The molecule has 0 aromatic heterocycles. The topological polar surface area (TPSA) is 46.5 Å². The van der Waals surface area contributed by atoms with Crippen LogP contribution in [0.25, 0.3) is 0 Å². The Hall–Kier alpha value is -2.00. The number of halogens is 1. The number of hydrogen-bond acceptors (Lipinski definition) is 2. The van der Waals surface area contributed by atoms with Crippen molar-refractivity contribution in [3.8, 4) is 5.75 Å². The second-order valence-corrected chi connectivity index (χ2v) is 5.47. The SMILES string of the molecule is Cc1cc(C)c(OCc2c(Cl)cccc2C(=O)O)cc1C.